The predicted octanol–water partition coefficient (Wildman–Crippen LogP) is 17.4. The average Bonchev–Trinajstić information content (AvgIpc) is 3.17. The van der Waals surface area contributed by atoms with Crippen LogP contribution >= 0.6 is 0 Å². The van der Waals surface area contributed by atoms with Crippen molar-refractivity contribution in [3.63, 3.8) is 0 Å². The Morgan fingerprint density at radius 1 is 0.255 bits per heavy atom. The summed E-state index contributed by atoms with van der Waals surface area (Å²) in [7, 11) is 0. The van der Waals surface area contributed by atoms with E-state index in [9.17, 15) is 0 Å². The molecule has 0 aliphatic heterocycles. The molecule has 0 unspecified atom stereocenters. The van der Waals surface area contributed by atoms with Gasteiger partial charge < -0.3 is 0 Å². The lowest BCUT2D eigenvalue weighted by molar-refractivity contribution is 0.146. The van der Waals surface area contributed by atoms with Crippen LogP contribution in [0.1, 0.15) is 253 Å². The van der Waals surface area contributed by atoms with Crippen molar-refractivity contribution in [1.29, 1.82) is 0 Å². The third kappa shape index (κ3) is 16.3. The van der Waals surface area contributed by atoms with Crippen LogP contribution in [-0.2, 0) is 0 Å². The predicted molar refractivity (Wildman–Crippen MR) is 228 cm³/mol. The van der Waals surface area contributed by atoms with Crippen LogP contribution in [0.4, 0.5) is 0 Å². The Morgan fingerprint density at radius 3 is 0.784 bits per heavy atom. The highest BCUT2D eigenvalue weighted by Crippen LogP contribution is 2.44. The van der Waals surface area contributed by atoms with Gasteiger partial charge in [0.2, 0.25) is 0 Å². The highest BCUT2D eigenvalue weighted by molar-refractivity contribution is 4.83. The molecule has 0 saturated heterocycles. The zero-order chi connectivity index (χ0) is 36.3. The van der Waals surface area contributed by atoms with Gasteiger partial charge in [0.05, 0.1) is 0 Å². The van der Waals surface area contributed by atoms with Crippen molar-refractivity contribution >= 4 is 0 Å². The standard InChI is InChI=1S/C18H34.C17H32.C16H30/c1-3-4-5-6-16-9-13-18(14-10-16)17-11-7-15(2)8-12-17;1-3-4-5-15-8-12-17(13-9-15)16-10-6-14(2)7-11-16;1-3-4-14-7-11-16(12-8-14)15-9-5-13(2)6-10-15/h15-18H,3-14H2,1-2H3;14-17H,3-13H2,1-2H3;13-16H,3-12H2,1-2H3. The summed E-state index contributed by atoms with van der Waals surface area (Å²) in [6.07, 6.45) is 50.2. The lowest BCUT2D eigenvalue weighted by Gasteiger charge is -2.37. The Bertz CT molecular complexity index is 795. The van der Waals surface area contributed by atoms with Gasteiger partial charge in [-0.25, -0.2) is 0 Å². The highest BCUT2D eigenvalue weighted by Gasteiger charge is 2.32. The Balaban J connectivity index is 0.000000172. The summed E-state index contributed by atoms with van der Waals surface area (Å²) in [4.78, 5) is 0. The maximum atomic E-state index is 2.45. The van der Waals surface area contributed by atoms with E-state index < -0.39 is 0 Å². The fourth-order valence-corrected chi connectivity index (χ4v) is 12.7. The van der Waals surface area contributed by atoms with E-state index in [0.717, 1.165) is 71.0 Å². The van der Waals surface area contributed by atoms with Gasteiger partial charge in [0, 0.05) is 0 Å². The molecule has 0 aromatic rings. The Hall–Kier alpha value is 0. The minimum atomic E-state index is 1.02. The normalized spacial score (nSPS) is 39.2. The maximum Gasteiger partial charge on any atom is -0.0386 e. The van der Waals surface area contributed by atoms with Crippen LogP contribution in [0.3, 0.4) is 0 Å². The first-order chi connectivity index (χ1) is 24.9. The Labute approximate surface area is 323 Å². The van der Waals surface area contributed by atoms with Gasteiger partial charge in [-0.3, -0.25) is 0 Å². The molecule has 0 bridgehead atoms. The lowest BCUT2D eigenvalue weighted by atomic mass is 9.69. The topological polar surface area (TPSA) is 0 Å². The zero-order valence-electron chi connectivity index (χ0n) is 36.3. The van der Waals surface area contributed by atoms with Crippen molar-refractivity contribution in [2.75, 3.05) is 0 Å². The molecule has 0 aromatic carbocycles. The first-order valence-corrected chi connectivity index (χ1v) is 24.9. The van der Waals surface area contributed by atoms with E-state index in [2.05, 4.69) is 41.5 Å². The third-order valence-corrected chi connectivity index (χ3v) is 16.7. The molecule has 0 aromatic heterocycles. The van der Waals surface area contributed by atoms with Crippen LogP contribution in [0.5, 0.6) is 0 Å². The molecule has 0 atom stereocenters. The van der Waals surface area contributed by atoms with E-state index in [4.69, 9.17) is 0 Å². The van der Waals surface area contributed by atoms with Crippen molar-refractivity contribution in [1.82, 2.24) is 0 Å². The smallest absolute Gasteiger partial charge is 0.0386 e. The van der Waals surface area contributed by atoms with Crippen molar-refractivity contribution in [2.24, 2.45) is 71.0 Å². The summed E-state index contributed by atoms with van der Waals surface area (Å²) in [6.45, 7) is 14.3. The molecule has 0 amide bonds. The second-order valence-electron chi connectivity index (χ2n) is 20.8. The molecule has 0 N–H and O–H groups in total. The van der Waals surface area contributed by atoms with Crippen molar-refractivity contribution in [3.05, 3.63) is 0 Å². The molecule has 6 aliphatic rings. The van der Waals surface area contributed by atoms with Gasteiger partial charge in [-0.05, 0) is 148 Å². The molecular weight excluding hydrogens is 613 g/mol. The van der Waals surface area contributed by atoms with E-state index in [-0.39, 0.29) is 0 Å². The van der Waals surface area contributed by atoms with Crippen LogP contribution in [0, 0.1) is 71.0 Å². The second-order valence-corrected chi connectivity index (χ2v) is 20.8. The van der Waals surface area contributed by atoms with Crippen LogP contribution in [-0.4, -0.2) is 0 Å². The van der Waals surface area contributed by atoms with Crippen LogP contribution in [0.15, 0.2) is 0 Å². The molecule has 6 rings (SSSR count). The van der Waals surface area contributed by atoms with Gasteiger partial charge in [0.1, 0.15) is 0 Å². The number of rotatable bonds is 12. The Kier molecular flexibility index (Phi) is 21.6. The van der Waals surface area contributed by atoms with Crippen molar-refractivity contribution in [3.8, 4) is 0 Å². The van der Waals surface area contributed by atoms with Crippen molar-refractivity contribution < 1.29 is 0 Å². The lowest BCUT2D eigenvalue weighted by Crippen LogP contribution is -2.25. The first-order valence-electron chi connectivity index (χ1n) is 24.9. The number of hydrogen-bond donors (Lipinski definition) is 0. The summed E-state index contributed by atoms with van der Waals surface area (Å²) in [5.41, 5.74) is 0. The fraction of sp³-hybridized carbons (Fsp3) is 1.00. The molecule has 0 heterocycles. The van der Waals surface area contributed by atoms with E-state index in [1.165, 1.54) is 96.3 Å². The molecule has 0 nitrogen and oxygen atoms in total. The summed E-state index contributed by atoms with van der Waals surface area (Å²) in [5, 5.41) is 0. The van der Waals surface area contributed by atoms with Gasteiger partial charge >= 0.3 is 0 Å². The number of hydrogen-bond acceptors (Lipinski definition) is 0. The second kappa shape index (κ2) is 25.2. The molecule has 0 spiro atoms. The molecule has 6 saturated carbocycles. The van der Waals surface area contributed by atoms with Crippen molar-refractivity contribution in [2.45, 2.75) is 253 Å². The van der Waals surface area contributed by atoms with Gasteiger partial charge in [-0.1, -0.05) is 176 Å². The average molecular weight is 709 g/mol. The first kappa shape index (κ1) is 43.7. The van der Waals surface area contributed by atoms with Gasteiger partial charge in [0.25, 0.3) is 0 Å². The zero-order valence-corrected chi connectivity index (χ0v) is 36.3. The fourth-order valence-electron chi connectivity index (χ4n) is 12.7. The van der Waals surface area contributed by atoms with E-state index in [0.29, 0.717) is 0 Å². The summed E-state index contributed by atoms with van der Waals surface area (Å²) >= 11 is 0. The third-order valence-electron chi connectivity index (χ3n) is 16.7. The quantitative estimate of drug-likeness (QED) is 0.177. The molecule has 51 heavy (non-hydrogen) atoms. The molecule has 6 fully saturated rings. The van der Waals surface area contributed by atoms with Gasteiger partial charge in [-0.15, -0.1) is 0 Å². The molecule has 300 valence electrons. The monoisotopic (exact) mass is 709 g/mol. The Morgan fingerprint density at radius 2 is 0.510 bits per heavy atom. The maximum absolute atomic E-state index is 2.45. The van der Waals surface area contributed by atoms with Gasteiger partial charge in [0.15, 0.2) is 0 Å². The minimum absolute atomic E-state index is 1.02. The largest absolute Gasteiger partial charge is 0.0654 e. The molecule has 0 radical (unpaired) electrons. The SMILES string of the molecule is CCCC1CCC(C2CCC(C)CC2)CC1.CCCCC1CCC(C2CCC(C)CC2)CC1.CCCCCC1CCC(C2CCC(C)CC2)CC1. The number of unbranched alkanes of at least 4 members (excludes halogenated alkanes) is 3. The van der Waals surface area contributed by atoms with Crippen LogP contribution < -0.4 is 0 Å². The molecule has 6 aliphatic carbocycles. The summed E-state index contributed by atoms with van der Waals surface area (Å²) in [6, 6.07) is 0. The molecular formula is C51H96. The van der Waals surface area contributed by atoms with E-state index in [1.54, 1.807) is 116 Å². The summed E-state index contributed by atoms with van der Waals surface area (Å²) < 4.78 is 0. The van der Waals surface area contributed by atoms with E-state index >= 15 is 0 Å². The van der Waals surface area contributed by atoms with Crippen LogP contribution in [0.2, 0.25) is 0 Å². The minimum Gasteiger partial charge on any atom is -0.0654 e. The van der Waals surface area contributed by atoms with Gasteiger partial charge in [-0.2, -0.15) is 0 Å². The highest BCUT2D eigenvalue weighted by atomic mass is 14.4. The summed E-state index contributed by atoms with van der Waals surface area (Å²) in [5.74, 6) is 13.0. The van der Waals surface area contributed by atoms with E-state index in [1.807, 2.05) is 0 Å². The van der Waals surface area contributed by atoms with Crippen LogP contribution in [0.25, 0.3) is 0 Å². The molecule has 0 heteroatoms.